The molecule has 8 heteroatoms. The Morgan fingerprint density at radius 3 is 2.19 bits per heavy atom. The zero-order valence-electron chi connectivity index (χ0n) is 17.5. The lowest BCUT2D eigenvalue weighted by Crippen LogP contribution is -2.60. The van der Waals surface area contributed by atoms with E-state index in [9.17, 15) is 18.0 Å². The van der Waals surface area contributed by atoms with E-state index in [1.165, 1.54) is 38.2 Å². The number of hydrogen-bond acceptors (Lipinski definition) is 3. The van der Waals surface area contributed by atoms with Gasteiger partial charge in [-0.15, -0.1) is 0 Å². The van der Waals surface area contributed by atoms with E-state index in [4.69, 9.17) is 11.6 Å². The van der Waals surface area contributed by atoms with E-state index in [0.717, 1.165) is 62.0 Å². The van der Waals surface area contributed by atoms with Crippen LogP contribution in [0.15, 0.2) is 18.2 Å². The molecular weight excluding hydrogens is 427 g/mol. The molecule has 1 heterocycles. The van der Waals surface area contributed by atoms with Crippen molar-refractivity contribution in [2.45, 2.75) is 44.3 Å². The molecule has 5 fully saturated rings. The predicted molar refractivity (Wildman–Crippen MR) is 114 cm³/mol. The Bertz CT molecular complexity index is 810. The number of benzene rings is 1. The third kappa shape index (κ3) is 4.46. The fourth-order valence-corrected chi connectivity index (χ4v) is 7.07. The fourth-order valence-electron chi connectivity index (χ4n) is 6.90. The normalized spacial score (nSPS) is 33.6. The molecule has 4 nitrogen and oxygen atoms in total. The van der Waals surface area contributed by atoms with Crippen molar-refractivity contribution >= 4 is 23.2 Å². The van der Waals surface area contributed by atoms with Gasteiger partial charge in [0.05, 0.1) is 22.8 Å². The van der Waals surface area contributed by atoms with Crippen LogP contribution in [0.3, 0.4) is 0 Å². The second-order valence-corrected chi connectivity index (χ2v) is 10.4. The highest BCUT2D eigenvalue weighted by molar-refractivity contribution is 6.33. The first-order valence-electron chi connectivity index (χ1n) is 11.4. The van der Waals surface area contributed by atoms with E-state index in [1.807, 2.05) is 0 Å². The summed E-state index contributed by atoms with van der Waals surface area (Å²) in [7, 11) is 0. The molecule has 1 aromatic rings. The molecule has 1 N–H and O–H groups in total. The topological polar surface area (TPSA) is 35.6 Å². The first kappa shape index (κ1) is 21.5. The summed E-state index contributed by atoms with van der Waals surface area (Å²) in [6.45, 7) is 3.72. The van der Waals surface area contributed by atoms with Crippen LogP contribution in [0.1, 0.15) is 37.7 Å². The predicted octanol–water partition coefficient (Wildman–Crippen LogP) is 4.74. The van der Waals surface area contributed by atoms with Crippen LogP contribution in [0, 0.1) is 23.7 Å². The standard InChI is InChI=1S/C23H29ClF3N3O/c24-19-2-1-18(23(25,26)27)12-20(19)28-21(31)13-29-3-5-30(6-4-29)22-16-8-14-7-15(10-16)11-17(22)9-14/h1-2,12,14-17,22H,3-11,13H2,(H,28,31). The highest BCUT2D eigenvalue weighted by Gasteiger charge is 2.50. The van der Waals surface area contributed by atoms with Crippen molar-refractivity contribution < 1.29 is 18.0 Å². The van der Waals surface area contributed by atoms with Gasteiger partial charge in [0.1, 0.15) is 0 Å². The smallest absolute Gasteiger partial charge is 0.324 e. The summed E-state index contributed by atoms with van der Waals surface area (Å²) in [6, 6.07) is 3.70. The van der Waals surface area contributed by atoms with E-state index in [1.54, 1.807) is 0 Å². The van der Waals surface area contributed by atoms with Crippen LogP contribution in [0.5, 0.6) is 0 Å². The van der Waals surface area contributed by atoms with Crippen LogP contribution in [0.4, 0.5) is 18.9 Å². The van der Waals surface area contributed by atoms with Crippen molar-refractivity contribution in [1.29, 1.82) is 0 Å². The Hall–Kier alpha value is -1.31. The maximum absolute atomic E-state index is 12.9. The Morgan fingerprint density at radius 2 is 1.61 bits per heavy atom. The third-order valence-corrected chi connectivity index (χ3v) is 8.27. The zero-order valence-corrected chi connectivity index (χ0v) is 18.3. The Labute approximate surface area is 186 Å². The largest absolute Gasteiger partial charge is 0.416 e. The minimum absolute atomic E-state index is 0.00808. The molecule has 0 unspecified atom stereocenters. The van der Waals surface area contributed by atoms with Gasteiger partial charge >= 0.3 is 6.18 Å². The lowest BCUT2D eigenvalue weighted by atomic mass is 9.54. The number of hydrogen-bond donors (Lipinski definition) is 1. The number of carbonyl (C=O) groups is 1. The molecule has 4 bridgehead atoms. The number of nitrogens with zero attached hydrogens (tertiary/aromatic N) is 2. The monoisotopic (exact) mass is 455 g/mol. The van der Waals surface area contributed by atoms with Crippen molar-refractivity contribution in [3.05, 3.63) is 28.8 Å². The van der Waals surface area contributed by atoms with Gasteiger partial charge in [-0.25, -0.2) is 0 Å². The molecule has 31 heavy (non-hydrogen) atoms. The summed E-state index contributed by atoms with van der Waals surface area (Å²) in [5.74, 6) is 3.31. The number of amides is 1. The van der Waals surface area contributed by atoms with Gasteiger partial charge in [0, 0.05) is 32.2 Å². The fraction of sp³-hybridized carbons (Fsp3) is 0.696. The second kappa shape index (κ2) is 8.23. The number of carbonyl (C=O) groups excluding carboxylic acids is 1. The molecule has 0 spiro atoms. The van der Waals surface area contributed by atoms with Gasteiger partial charge < -0.3 is 5.32 Å². The summed E-state index contributed by atoms with van der Waals surface area (Å²) in [6.07, 6.45) is 2.59. The molecule has 1 amide bonds. The number of piperazine rings is 1. The molecule has 0 aromatic heterocycles. The number of nitrogens with one attached hydrogen (secondary N) is 1. The van der Waals surface area contributed by atoms with Gasteiger partial charge in [0.25, 0.3) is 0 Å². The Morgan fingerprint density at radius 1 is 1.00 bits per heavy atom. The number of rotatable bonds is 4. The van der Waals surface area contributed by atoms with Gasteiger partial charge in [-0.05, 0) is 74.0 Å². The summed E-state index contributed by atoms with van der Waals surface area (Å²) in [4.78, 5) is 17.2. The molecule has 0 atom stereocenters. The first-order chi connectivity index (χ1) is 14.8. The minimum Gasteiger partial charge on any atom is -0.324 e. The SMILES string of the molecule is O=C(CN1CCN(C2C3CC4CC(C3)CC2C4)CC1)Nc1cc(C(F)(F)F)ccc1Cl. The van der Waals surface area contributed by atoms with Gasteiger partial charge in [-0.1, -0.05) is 11.6 Å². The van der Waals surface area contributed by atoms with Crippen LogP contribution in [-0.4, -0.2) is 54.5 Å². The Balaban J connectivity index is 1.14. The van der Waals surface area contributed by atoms with E-state index >= 15 is 0 Å². The molecule has 0 radical (unpaired) electrons. The first-order valence-corrected chi connectivity index (χ1v) is 11.8. The molecule has 6 rings (SSSR count). The van der Waals surface area contributed by atoms with E-state index < -0.39 is 11.7 Å². The highest BCUT2D eigenvalue weighted by atomic mass is 35.5. The second-order valence-electron chi connectivity index (χ2n) is 9.97. The van der Waals surface area contributed by atoms with Crippen molar-refractivity contribution in [2.75, 3.05) is 38.0 Å². The molecule has 170 valence electrons. The number of halogens is 4. The molecular formula is C23H29ClF3N3O. The van der Waals surface area contributed by atoms with Crippen LogP contribution < -0.4 is 5.32 Å². The molecule has 5 aliphatic rings. The summed E-state index contributed by atoms with van der Waals surface area (Å²) >= 11 is 6.00. The quantitative estimate of drug-likeness (QED) is 0.712. The van der Waals surface area contributed by atoms with Gasteiger partial charge in [-0.2, -0.15) is 13.2 Å². The van der Waals surface area contributed by atoms with Crippen molar-refractivity contribution in [3.8, 4) is 0 Å². The summed E-state index contributed by atoms with van der Waals surface area (Å²) in [5.41, 5.74) is -0.815. The Kier molecular flexibility index (Phi) is 5.72. The van der Waals surface area contributed by atoms with Crippen molar-refractivity contribution in [1.82, 2.24) is 9.80 Å². The molecule has 4 aliphatic carbocycles. The average Bonchev–Trinajstić information content (AvgIpc) is 2.69. The van der Waals surface area contributed by atoms with E-state index in [-0.39, 0.29) is 23.2 Å². The van der Waals surface area contributed by atoms with Gasteiger partial charge in [-0.3, -0.25) is 14.6 Å². The molecule has 1 aliphatic heterocycles. The maximum atomic E-state index is 12.9. The van der Waals surface area contributed by atoms with Crippen LogP contribution in [0.2, 0.25) is 5.02 Å². The summed E-state index contributed by atoms with van der Waals surface area (Å²) < 4.78 is 38.8. The number of alkyl halides is 3. The van der Waals surface area contributed by atoms with Gasteiger partial charge in [0.2, 0.25) is 5.91 Å². The van der Waals surface area contributed by atoms with Crippen molar-refractivity contribution in [3.63, 3.8) is 0 Å². The maximum Gasteiger partial charge on any atom is 0.416 e. The van der Waals surface area contributed by atoms with E-state index in [0.29, 0.717) is 6.04 Å². The zero-order chi connectivity index (χ0) is 21.8. The third-order valence-electron chi connectivity index (χ3n) is 7.94. The minimum atomic E-state index is -4.47. The lowest BCUT2D eigenvalue weighted by Gasteiger charge is -2.58. The van der Waals surface area contributed by atoms with Crippen LogP contribution in [0.25, 0.3) is 0 Å². The number of anilines is 1. The summed E-state index contributed by atoms with van der Waals surface area (Å²) in [5, 5.41) is 2.67. The van der Waals surface area contributed by atoms with Crippen molar-refractivity contribution in [2.24, 2.45) is 23.7 Å². The van der Waals surface area contributed by atoms with Gasteiger partial charge in [0.15, 0.2) is 0 Å². The molecule has 1 aromatic carbocycles. The highest BCUT2D eigenvalue weighted by Crippen LogP contribution is 2.55. The lowest BCUT2D eigenvalue weighted by molar-refractivity contribution is -0.137. The van der Waals surface area contributed by atoms with Crippen LogP contribution >= 0.6 is 11.6 Å². The molecule has 1 saturated heterocycles. The van der Waals surface area contributed by atoms with Crippen LogP contribution in [-0.2, 0) is 11.0 Å². The average molecular weight is 456 g/mol. The molecule has 4 saturated carbocycles. The van der Waals surface area contributed by atoms with E-state index in [2.05, 4.69) is 15.1 Å².